The van der Waals surface area contributed by atoms with Crippen molar-refractivity contribution in [2.45, 2.75) is 0 Å². The van der Waals surface area contributed by atoms with Crippen LogP contribution in [0.2, 0.25) is 0 Å². The summed E-state index contributed by atoms with van der Waals surface area (Å²) in [6.45, 7) is 3.51. The van der Waals surface area contributed by atoms with E-state index in [1.54, 1.807) is 6.07 Å². The normalized spacial score (nSPS) is 14.8. The fraction of sp³-hybridized carbons (Fsp3) is 0.267. The molecule has 0 bridgehead atoms. The van der Waals surface area contributed by atoms with Crippen molar-refractivity contribution in [3.63, 3.8) is 0 Å². The van der Waals surface area contributed by atoms with E-state index in [2.05, 4.69) is 57.7 Å². The standard InChI is InChI=1S/C15H13Br2N5/c16-12-9-19-10-13(17)15(12)22-6-4-21(5-7-22)14-3-1-2-11(8-18)20-14/h1-3,9-10H,4-7H2. The van der Waals surface area contributed by atoms with Gasteiger partial charge in [0, 0.05) is 38.6 Å². The van der Waals surface area contributed by atoms with Crippen LogP contribution in [0.25, 0.3) is 0 Å². The number of anilines is 2. The van der Waals surface area contributed by atoms with Crippen molar-refractivity contribution in [3.05, 3.63) is 45.2 Å². The maximum Gasteiger partial charge on any atom is 0.142 e. The minimum absolute atomic E-state index is 0.458. The largest absolute Gasteiger partial charge is 0.366 e. The summed E-state index contributed by atoms with van der Waals surface area (Å²) in [4.78, 5) is 13.0. The van der Waals surface area contributed by atoms with Crippen molar-refractivity contribution in [2.24, 2.45) is 0 Å². The molecule has 0 aliphatic carbocycles. The lowest BCUT2D eigenvalue weighted by molar-refractivity contribution is 0.645. The molecule has 3 heterocycles. The van der Waals surface area contributed by atoms with Gasteiger partial charge >= 0.3 is 0 Å². The quantitative estimate of drug-likeness (QED) is 0.743. The van der Waals surface area contributed by atoms with Crippen LogP contribution >= 0.6 is 31.9 Å². The Morgan fingerprint density at radius 3 is 2.27 bits per heavy atom. The molecular formula is C15H13Br2N5. The van der Waals surface area contributed by atoms with E-state index >= 15 is 0 Å². The topological polar surface area (TPSA) is 56.1 Å². The first-order valence-electron chi connectivity index (χ1n) is 6.85. The number of aromatic nitrogens is 2. The van der Waals surface area contributed by atoms with E-state index in [1.165, 1.54) is 0 Å². The molecule has 112 valence electrons. The molecule has 0 saturated carbocycles. The third-order valence-electron chi connectivity index (χ3n) is 3.60. The van der Waals surface area contributed by atoms with Crippen LogP contribution in [0.3, 0.4) is 0 Å². The smallest absolute Gasteiger partial charge is 0.142 e. The molecule has 5 nitrogen and oxygen atoms in total. The molecule has 0 unspecified atom stereocenters. The van der Waals surface area contributed by atoms with Gasteiger partial charge in [0.05, 0.1) is 14.6 Å². The molecule has 22 heavy (non-hydrogen) atoms. The molecule has 0 amide bonds. The van der Waals surface area contributed by atoms with Crippen LogP contribution < -0.4 is 9.80 Å². The van der Waals surface area contributed by atoms with E-state index in [4.69, 9.17) is 5.26 Å². The molecular weight excluding hydrogens is 410 g/mol. The van der Waals surface area contributed by atoms with Crippen molar-refractivity contribution in [2.75, 3.05) is 36.0 Å². The molecule has 0 aromatic carbocycles. The molecule has 7 heteroatoms. The second-order valence-electron chi connectivity index (χ2n) is 4.92. The summed E-state index contributed by atoms with van der Waals surface area (Å²) < 4.78 is 1.97. The molecule has 3 rings (SSSR count). The number of halogens is 2. The van der Waals surface area contributed by atoms with E-state index in [0.717, 1.165) is 46.6 Å². The molecule has 2 aromatic rings. The van der Waals surface area contributed by atoms with E-state index < -0.39 is 0 Å². The zero-order valence-electron chi connectivity index (χ0n) is 11.7. The van der Waals surface area contributed by atoms with Crippen molar-refractivity contribution in [1.82, 2.24) is 9.97 Å². The Morgan fingerprint density at radius 1 is 1.00 bits per heavy atom. The maximum absolute atomic E-state index is 8.96. The van der Waals surface area contributed by atoms with Gasteiger partial charge in [0.25, 0.3) is 0 Å². The predicted octanol–water partition coefficient (Wildman–Crippen LogP) is 3.20. The maximum atomic E-state index is 8.96. The highest BCUT2D eigenvalue weighted by atomic mass is 79.9. The van der Waals surface area contributed by atoms with Crippen LogP contribution in [0.1, 0.15) is 5.69 Å². The average Bonchev–Trinajstić information content (AvgIpc) is 2.55. The van der Waals surface area contributed by atoms with Gasteiger partial charge in [0.1, 0.15) is 17.6 Å². The van der Waals surface area contributed by atoms with Gasteiger partial charge in [-0.3, -0.25) is 4.98 Å². The summed E-state index contributed by atoms with van der Waals surface area (Å²) in [6.07, 6.45) is 3.62. The highest BCUT2D eigenvalue weighted by molar-refractivity contribution is 9.11. The number of nitrogens with zero attached hydrogens (tertiary/aromatic N) is 5. The van der Waals surface area contributed by atoms with Gasteiger partial charge in [-0.2, -0.15) is 5.26 Å². The van der Waals surface area contributed by atoms with Crippen molar-refractivity contribution < 1.29 is 0 Å². The average molecular weight is 423 g/mol. The second-order valence-corrected chi connectivity index (χ2v) is 6.63. The molecule has 1 fully saturated rings. The third-order valence-corrected chi connectivity index (χ3v) is 4.76. The predicted molar refractivity (Wildman–Crippen MR) is 93.0 cm³/mol. The zero-order chi connectivity index (χ0) is 15.5. The number of hydrogen-bond acceptors (Lipinski definition) is 5. The number of rotatable bonds is 2. The van der Waals surface area contributed by atoms with Crippen molar-refractivity contribution >= 4 is 43.4 Å². The lowest BCUT2D eigenvalue weighted by Crippen LogP contribution is -2.47. The number of piperazine rings is 1. The van der Waals surface area contributed by atoms with Gasteiger partial charge in [-0.25, -0.2) is 4.98 Å². The summed E-state index contributed by atoms with van der Waals surface area (Å²) in [5, 5.41) is 8.96. The summed E-state index contributed by atoms with van der Waals surface area (Å²) in [7, 11) is 0. The summed E-state index contributed by atoms with van der Waals surface area (Å²) >= 11 is 7.13. The summed E-state index contributed by atoms with van der Waals surface area (Å²) in [5.74, 6) is 0.867. The first kappa shape index (κ1) is 15.3. The van der Waals surface area contributed by atoms with E-state index in [1.807, 2.05) is 24.5 Å². The van der Waals surface area contributed by atoms with Gasteiger partial charge in [0.2, 0.25) is 0 Å². The van der Waals surface area contributed by atoms with Gasteiger partial charge < -0.3 is 9.80 Å². The molecule has 0 radical (unpaired) electrons. The van der Waals surface area contributed by atoms with Gasteiger partial charge in [-0.15, -0.1) is 0 Å². The molecule has 0 atom stereocenters. The number of pyridine rings is 2. The Balaban J connectivity index is 1.74. The lowest BCUT2D eigenvalue weighted by atomic mass is 10.2. The van der Waals surface area contributed by atoms with Crippen LogP contribution in [0.5, 0.6) is 0 Å². The van der Waals surface area contributed by atoms with Gasteiger partial charge in [0.15, 0.2) is 0 Å². The van der Waals surface area contributed by atoms with Crippen LogP contribution in [-0.4, -0.2) is 36.1 Å². The van der Waals surface area contributed by atoms with Gasteiger partial charge in [-0.1, -0.05) is 6.07 Å². The highest BCUT2D eigenvalue weighted by Crippen LogP contribution is 2.33. The Bertz CT molecular complexity index is 700. The third kappa shape index (κ3) is 3.08. The van der Waals surface area contributed by atoms with E-state index in [-0.39, 0.29) is 0 Å². The monoisotopic (exact) mass is 421 g/mol. The van der Waals surface area contributed by atoms with Crippen molar-refractivity contribution in [3.8, 4) is 6.07 Å². The Morgan fingerprint density at radius 2 is 1.64 bits per heavy atom. The van der Waals surface area contributed by atoms with E-state index in [0.29, 0.717) is 5.69 Å². The minimum Gasteiger partial charge on any atom is -0.366 e. The Kier molecular flexibility index (Phi) is 4.60. The van der Waals surface area contributed by atoms with Crippen LogP contribution in [-0.2, 0) is 0 Å². The van der Waals surface area contributed by atoms with Crippen molar-refractivity contribution in [1.29, 1.82) is 5.26 Å². The number of nitriles is 1. The first-order chi connectivity index (χ1) is 10.7. The second kappa shape index (κ2) is 6.63. The molecule has 2 aromatic heterocycles. The molecule has 1 saturated heterocycles. The Labute approximate surface area is 145 Å². The molecule has 1 aliphatic heterocycles. The molecule has 1 aliphatic rings. The molecule has 0 spiro atoms. The van der Waals surface area contributed by atoms with Gasteiger partial charge in [-0.05, 0) is 44.0 Å². The fourth-order valence-electron chi connectivity index (χ4n) is 2.53. The van der Waals surface area contributed by atoms with E-state index in [9.17, 15) is 0 Å². The molecule has 0 N–H and O–H groups in total. The van der Waals surface area contributed by atoms with Crippen LogP contribution in [0.4, 0.5) is 11.5 Å². The SMILES string of the molecule is N#Cc1cccc(N2CCN(c3c(Br)cncc3Br)CC2)n1. The minimum atomic E-state index is 0.458. The first-order valence-corrected chi connectivity index (χ1v) is 8.43. The Hall–Kier alpha value is -1.65. The zero-order valence-corrected chi connectivity index (χ0v) is 14.9. The highest BCUT2D eigenvalue weighted by Gasteiger charge is 2.21. The fourth-order valence-corrected chi connectivity index (χ4v) is 3.96. The summed E-state index contributed by atoms with van der Waals surface area (Å²) in [6, 6.07) is 7.65. The van der Waals surface area contributed by atoms with Crippen LogP contribution in [0.15, 0.2) is 39.5 Å². The van der Waals surface area contributed by atoms with Crippen LogP contribution in [0, 0.1) is 11.3 Å². The lowest BCUT2D eigenvalue weighted by Gasteiger charge is -2.37. The summed E-state index contributed by atoms with van der Waals surface area (Å²) in [5.41, 5.74) is 1.59. The number of hydrogen-bond donors (Lipinski definition) is 0.